The molecule has 1 atom stereocenters. The van der Waals surface area contributed by atoms with Crippen molar-refractivity contribution in [3.63, 3.8) is 0 Å². The van der Waals surface area contributed by atoms with Crippen molar-refractivity contribution in [2.75, 3.05) is 11.5 Å². The van der Waals surface area contributed by atoms with Gasteiger partial charge in [-0.3, -0.25) is 4.68 Å². The Balaban J connectivity index is 2.22. The molecule has 0 amide bonds. The highest BCUT2D eigenvalue weighted by Crippen LogP contribution is 2.34. The van der Waals surface area contributed by atoms with Gasteiger partial charge in [-0.05, 0) is 6.42 Å². The van der Waals surface area contributed by atoms with E-state index >= 15 is 0 Å². The molecule has 7 heteroatoms. The summed E-state index contributed by atoms with van der Waals surface area (Å²) in [6.45, 7) is 0. The van der Waals surface area contributed by atoms with Gasteiger partial charge in [-0.1, -0.05) is 5.21 Å². The highest BCUT2D eigenvalue weighted by Gasteiger charge is 2.43. The summed E-state index contributed by atoms with van der Waals surface area (Å²) in [6, 6.07) is 2.13. The number of nitriles is 1. The fraction of sp³-hybridized carbons (Fsp3) is 0.667. The average Bonchev–Trinajstić information content (AvgIpc) is 2.72. The Hall–Kier alpha value is -1.42. The number of aryl methyl sites for hydroxylation is 1. The Kier molecular flexibility index (Phi) is 2.46. The molecule has 0 radical (unpaired) electrons. The molecule has 1 unspecified atom stereocenters. The molecule has 2 rings (SSSR count). The van der Waals surface area contributed by atoms with Gasteiger partial charge in [0.1, 0.15) is 0 Å². The Morgan fingerprint density at radius 1 is 1.69 bits per heavy atom. The van der Waals surface area contributed by atoms with Gasteiger partial charge >= 0.3 is 0 Å². The first kappa shape index (κ1) is 11.1. The van der Waals surface area contributed by atoms with Gasteiger partial charge in [-0.15, -0.1) is 5.10 Å². The molecule has 0 spiro atoms. The number of rotatable bonds is 2. The summed E-state index contributed by atoms with van der Waals surface area (Å²) < 4.78 is 24.4. The van der Waals surface area contributed by atoms with E-state index in [0.717, 1.165) is 0 Å². The third-order valence-corrected chi connectivity index (χ3v) is 4.61. The molecule has 1 aromatic rings. The summed E-state index contributed by atoms with van der Waals surface area (Å²) in [6.07, 6.45) is 2.46. The van der Waals surface area contributed by atoms with E-state index in [1.54, 1.807) is 17.9 Å². The van der Waals surface area contributed by atoms with Gasteiger partial charge < -0.3 is 0 Å². The first-order valence-corrected chi connectivity index (χ1v) is 6.74. The largest absolute Gasteiger partial charge is 0.255 e. The average molecular weight is 240 g/mol. The summed E-state index contributed by atoms with van der Waals surface area (Å²) in [7, 11) is -1.32. The van der Waals surface area contributed by atoms with Gasteiger partial charge in [0.15, 0.2) is 9.84 Å². The molecule has 1 aliphatic heterocycles. The minimum atomic E-state index is -3.06. The molecular weight excluding hydrogens is 228 g/mol. The maximum atomic E-state index is 11.4. The molecule has 0 saturated carbocycles. The monoisotopic (exact) mass is 240 g/mol. The van der Waals surface area contributed by atoms with Crippen LogP contribution in [-0.2, 0) is 23.3 Å². The minimum Gasteiger partial charge on any atom is -0.255 e. The van der Waals surface area contributed by atoms with Crippen molar-refractivity contribution in [3.8, 4) is 6.07 Å². The molecule has 0 aromatic carbocycles. The second-order valence-electron chi connectivity index (χ2n) is 4.29. The Bertz CT molecular complexity index is 542. The van der Waals surface area contributed by atoms with Crippen LogP contribution in [0.25, 0.3) is 0 Å². The molecule has 1 aliphatic rings. The van der Waals surface area contributed by atoms with Crippen LogP contribution < -0.4 is 0 Å². The number of hydrogen-bond donors (Lipinski definition) is 0. The molecule has 0 aliphatic carbocycles. The molecule has 1 aromatic heterocycles. The first-order valence-electron chi connectivity index (χ1n) is 4.92. The molecular formula is C9H12N4O2S. The van der Waals surface area contributed by atoms with Gasteiger partial charge in [0.25, 0.3) is 0 Å². The van der Waals surface area contributed by atoms with Gasteiger partial charge in [-0.25, -0.2) is 8.42 Å². The maximum Gasteiger partial charge on any atom is 0.151 e. The molecule has 6 nitrogen and oxygen atoms in total. The van der Waals surface area contributed by atoms with Crippen LogP contribution in [0.4, 0.5) is 0 Å². The van der Waals surface area contributed by atoms with Crippen molar-refractivity contribution in [3.05, 3.63) is 11.9 Å². The molecule has 1 saturated heterocycles. The summed E-state index contributed by atoms with van der Waals surface area (Å²) in [4.78, 5) is 0. The lowest BCUT2D eigenvalue weighted by molar-refractivity contribution is 0.445. The van der Waals surface area contributed by atoms with Crippen LogP contribution in [0.5, 0.6) is 0 Å². The van der Waals surface area contributed by atoms with E-state index in [2.05, 4.69) is 16.4 Å². The van der Waals surface area contributed by atoms with Crippen molar-refractivity contribution in [1.82, 2.24) is 15.0 Å². The van der Waals surface area contributed by atoms with E-state index in [-0.39, 0.29) is 11.5 Å². The molecule has 1 fully saturated rings. The molecule has 86 valence electrons. The molecule has 0 N–H and O–H groups in total. The lowest BCUT2D eigenvalue weighted by atomic mass is 9.85. The van der Waals surface area contributed by atoms with Gasteiger partial charge in [0.2, 0.25) is 0 Å². The maximum absolute atomic E-state index is 11.4. The third-order valence-electron chi connectivity index (χ3n) is 2.79. The SMILES string of the molecule is Cn1cc(CC2(C#N)CCS(=O)(=O)C2)nn1. The van der Waals surface area contributed by atoms with E-state index in [1.165, 1.54) is 0 Å². The van der Waals surface area contributed by atoms with E-state index in [0.29, 0.717) is 18.5 Å². The predicted octanol–water partition coefficient (Wildman–Crippen LogP) is -0.314. The third kappa shape index (κ3) is 2.07. The van der Waals surface area contributed by atoms with Crippen LogP contribution in [0.3, 0.4) is 0 Å². The summed E-state index contributed by atoms with van der Waals surface area (Å²) in [5.74, 6) is 0.0356. The number of aromatic nitrogens is 3. The zero-order chi connectivity index (χ0) is 11.8. The summed E-state index contributed by atoms with van der Waals surface area (Å²) in [5, 5.41) is 16.8. The predicted molar refractivity (Wildman–Crippen MR) is 56.0 cm³/mol. The fourth-order valence-electron chi connectivity index (χ4n) is 2.01. The van der Waals surface area contributed by atoms with Crippen molar-refractivity contribution < 1.29 is 8.42 Å². The highest BCUT2D eigenvalue weighted by molar-refractivity contribution is 7.91. The zero-order valence-corrected chi connectivity index (χ0v) is 9.74. The zero-order valence-electron chi connectivity index (χ0n) is 8.92. The number of sulfone groups is 1. The quantitative estimate of drug-likeness (QED) is 0.707. The van der Waals surface area contributed by atoms with Crippen LogP contribution >= 0.6 is 0 Å². The Labute approximate surface area is 93.8 Å². The lowest BCUT2D eigenvalue weighted by Crippen LogP contribution is -2.23. The second-order valence-corrected chi connectivity index (χ2v) is 6.48. The standard InChI is InChI=1S/C9H12N4O2S/c1-13-5-8(11-12-13)4-9(6-10)2-3-16(14,15)7-9/h5H,2-4,7H2,1H3. The van der Waals surface area contributed by atoms with Crippen LogP contribution in [0.15, 0.2) is 6.20 Å². The van der Waals surface area contributed by atoms with Gasteiger partial charge in [0, 0.05) is 19.7 Å². The van der Waals surface area contributed by atoms with Crippen molar-refractivity contribution in [2.45, 2.75) is 12.8 Å². The van der Waals surface area contributed by atoms with E-state index < -0.39 is 15.3 Å². The summed E-state index contributed by atoms with van der Waals surface area (Å²) in [5.41, 5.74) is -0.143. The van der Waals surface area contributed by atoms with Crippen molar-refractivity contribution in [1.29, 1.82) is 5.26 Å². The van der Waals surface area contributed by atoms with Gasteiger partial charge in [0.05, 0.1) is 28.7 Å². The number of hydrogen-bond acceptors (Lipinski definition) is 5. The Morgan fingerprint density at radius 3 is 2.88 bits per heavy atom. The molecule has 16 heavy (non-hydrogen) atoms. The van der Waals surface area contributed by atoms with Crippen LogP contribution in [0.2, 0.25) is 0 Å². The molecule has 2 heterocycles. The fourth-order valence-corrected chi connectivity index (χ4v) is 4.01. The van der Waals surface area contributed by atoms with Crippen molar-refractivity contribution in [2.24, 2.45) is 12.5 Å². The highest BCUT2D eigenvalue weighted by atomic mass is 32.2. The molecule has 0 bridgehead atoms. The topological polar surface area (TPSA) is 88.6 Å². The van der Waals surface area contributed by atoms with Crippen molar-refractivity contribution >= 4 is 9.84 Å². The Morgan fingerprint density at radius 2 is 2.44 bits per heavy atom. The van der Waals surface area contributed by atoms with E-state index in [4.69, 9.17) is 5.26 Å². The van der Waals surface area contributed by atoms with Crippen LogP contribution in [0.1, 0.15) is 12.1 Å². The summed E-state index contributed by atoms with van der Waals surface area (Å²) >= 11 is 0. The van der Waals surface area contributed by atoms with E-state index in [9.17, 15) is 8.42 Å². The second kappa shape index (κ2) is 3.56. The van der Waals surface area contributed by atoms with Crippen LogP contribution in [-0.4, -0.2) is 34.9 Å². The van der Waals surface area contributed by atoms with E-state index in [1.807, 2.05) is 0 Å². The smallest absolute Gasteiger partial charge is 0.151 e. The normalized spacial score (nSPS) is 27.8. The number of nitrogens with zero attached hydrogens (tertiary/aromatic N) is 4. The van der Waals surface area contributed by atoms with Gasteiger partial charge in [-0.2, -0.15) is 5.26 Å². The van der Waals surface area contributed by atoms with Crippen LogP contribution in [0, 0.1) is 16.7 Å². The minimum absolute atomic E-state index is 0.0624. The first-order chi connectivity index (χ1) is 7.45. The lowest BCUT2D eigenvalue weighted by Gasteiger charge is -2.15.